The number of nitriles is 1. The Morgan fingerprint density at radius 1 is 1.24 bits per heavy atom. The lowest BCUT2D eigenvalue weighted by atomic mass is 9.97. The van der Waals surface area contributed by atoms with Crippen molar-refractivity contribution < 1.29 is 14.3 Å². The van der Waals surface area contributed by atoms with Gasteiger partial charge in [-0.3, -0.25) is 14.2 Å². The molecule has 2 aromatic heterocycles. The number of aromatic hydroxyl groups is 1. The van der Waals surface area contributed by atoms with E-state index < -0.39 is 17.2 Å². The van der Waals surface area contributed by atoms with Crippen LogP contribution in [0.1, 0.15) is 32.8 Å². The average molecular weight is 334 g/mol. The number of nitrogens with zero attached hydrogens (tertiary/aromatic N) is 2. The number of hydrogen-bond acceptors (Lipinski definition) is 5. The fourth-order valence-corrected chi connectivity index (χ4v) is 2.66. The third kappa shape index (κ3) is 2.83. The lowest BCUT2D eigenvalue weighted by Gasteiger charge is -2.14. The van der Waals surface area contributed by atoms with E-state index in [2.05, 4.69) is 0 Å². The minimum absolute atomic E-state index is 0.0612. The molecule has 25 heavy (non-hydrogen) atoms. The maximum Gasteiger partial charge on any atom is 0.271 e. The minimum atomic E-state index is -0.668. The molecule has 3 rings (SSSR count). The van der Waals surface area contributed by atoms with Crippen LogP contribution in [-0.2, 0) is 6.54 Å². The summed E-state index contributed by atoms with van der Waals surface area (Å²) in [5, 5.41) is 19.9. The third-order valence-electron chi connectivity index (χ3n) is 3.96. The lowest BCUT2D eigenvalue weighted by molar-refractivity contribution is 0.103. The maximum atomic E-state index is 12.8. The summed E-state index contributed by atoms with van der Waals surface area (Å²) in [6.07, 6.45) is 1.44. The molecule has 0 radical (unpaired) electrons. The van der Waals surface area contributed by atoms with E-state index in [0.29, 0.717) is 11.3 Å². The topological polar surface area (TPSA) is 96.2 Å². The number of furan rings is 1. The fraction of sp³-hybridized carbons (Fsp3) is 0.105. The number of ketones is 1. The van der Waals surface area contributed by atoms with Crippen LogP contribution in [0.15, 0.2) is 57.9 Å². The van der Waals surface area contributed by atoms with Crippen LogP contribution in [0.2, 0.25) is 0 Å². The van der Waals surface area contributed by atoms with Gasteiger partial charge in [0, 0.05) is 5.56 Å². The van der Waals surface area contributed by atoms with Crippen molar-refractivity contribution in [1.82, 2.24) is 4.57 Å². The van der Waals surface area contributed by atoms with E-state index in [1.165, 1.54) is 13.2 Å². The van der Waals surface area contributed by atoms with Gasteiger partial charge in [0.05, 0.1) is 18.4 Å². The summed E-state index contributed by atoms with van der Waals surface area (Å²) in [4.78, 5) is 25.3. The van der Waals surface area contributed by atoms with Gasteiger partial charge in [-0.25, -0.2) is 0 Å². The van der Waals surface area contributed by atoms with Crippen LogP contribution >= 0.6 is 0 Å². The van der Waals surface area contributed by atoms with E-state index in [1.807, 2.05) is 6.07 Å². The molecule has 0 aliphatic rings. The predicted molar refractivity (Wildman–Crippen MR) is 89.5 cm³/mol. The van der Waals surface area contributed by atoms with Crippen LogP contribution in [0.4, 0.5) is 0 Å². The zero-order chi connectivity index (χ0) is 18.0. The van der Waals surface area contributed by atoms with E-state index in [9.17, 15) is 20.0 Å². The number of pyridine rings is 1. The highest BCUT2D eigenvalue weighted by molar-refractivity contribution is 6.11. The Morgan fingerprint density at radius 3 is 2.56 bits per heavy atom. The number of benzene rings is 1. The average Bonchev–Trinajstić information content (AvgIpc) is 3.13. The highest BCUT2D eigenvalue weighted by atomic mass is 16.3. The Hall–Kier alpha value is -3.59. The van der Waals surface area contributed by atoms with Crippen LogP contribution in [0, 0.1) is 18.3 Å². The standard InChI is InChI=1S/C19H14N2O4/c1-12-15(10-20)18(23)21(11-14-8-5-9-25-14)19(24)16(12)17(22)13-6-3-2-4-7-13/h2-9,24H,11H2,1H3. The molecule has 0 saturated heterocycles. The summed E-state index contributed by atoms with van der Waals surface area (Å²) in [7, 11) is 0. The molecule has 0 unspecified atom stereocenters. The first kappa shape index (κ1) is 16.3. The molecule has 0 saturated carbocycles. The van der Waals surface area contributed by atoms with Gasteiger partial charge in [0.1, 0.15) is 17.4 Å². The predicted octanol–water partition coefficient (Wildman–Crippen LogP) is 2.61. The number of carbonyl (C=O) groups is 1. The number of carbonyl (C=O) groups excluding carboxylic acids is 1. The van der Waals surface area contributed by atoms with E-state index in [4.69, 9.17) is 4.42 Å². The van der Waals surface area contributed by atoms with Gasteiger partial charge < -0.3 is 9.52 Å². The first-order chi connectivity index (χ1) is 12.0. The molecule has 0 atom stereocenters. The van der Waals surface area contributed by atoms with Gasteiger partial charge >= 0.3 is 0 Å². The molecular weight excluding hydrogens is 320 g/mol. The summed E-state index contributed by atoms with van der Waals surface area (Å²) >= 11 is 0. The fourth-order valence-electron chi connectivity index (χ4n) is 2.66. The van der Waals surface area contributed by atoms with Crippen LogP contribution in [0.3, 0.4) is 0 Å². The highest BCUT2D eigenvalue weighted by Gasteiger charge is 2.25. The first-order valence-electron chi connectivity index (χ1n) is 7.53. The number of aromatic nitrogens is 1. The molecule has 0 aliphatic carbocycles. The zero-order valence-electron chi connectivity index (χ0n) is 13.4. The smallest absolute Gasteiger partial charge is 0.271 e. The largest absolute Gasteiger partial charge is 0.494 e. The Balaban J connectivity index is 2.23. The van der Waals surface area contributed by atoms with Crippen molar-refractivity contribution >= 4 is 5.78 Å². The Morgan fingerprint density at radius 2 is 1.96 bits per heavy atom. The van der Waals surface area contributed by atoms with Crippen LogP contribution in [-0.4, -0.2) is 15.5 Å². The summed E-state index contributed by atoms with van der Waals surface area (Å²) < 4.78 is 6.17. The van der Waals surface area contributed by atoms with Crippen molar-refractivity contribution in [2.75, 3.05) is 0 Å². The summed E-state index contributed by atoms with van der Waals surface area (Å²) in [5.74, 6) is -0.518. The molecule has 0 fully saturated rings. The van der Waals surface area contributed by atoms with Gasteiger partial charge in [-0.1, -0.05) is 30.3 Å². The van der Waals surface area contributed by atoms with E-state index in [-0.39, 0.29) is 23.2 Å². The van der Waals surface area contributed by atoms with Crippen LogP contribution < -0.4 is 5.56 Å². The van der Waals surface area contributed by atoms with Gasteiger partial charge in [-0.05, 0) is 24.6 Å². The molecule has 1 aromatic carbocycles. The van der Waals surface area contributed by atoms with Crippen molar-refractivity contribution in [2.45, 2.75) is 13.5 Å². The second kappa shape index (κ2) is 6.49. The first-order valence-corrected chi connectivity index (χ1v) is 7.53. The zero-order valence-corrected chi connectivity index (χ0v) is 13.4. The lowest BCUT2D eigenvalue weighted by Crippen LogP contribution is -2.27. The highest BCUT2D eigenvalue weighted by Crippen LogP contribution is 2.25. The van der Waals surface area contributed by atoms with E-state index in [1.54, 1.807) is 42.5 Å². The van der Waals surface area contributed by atoms with Crippen molar-refractivity contribution in [3.8, 4) is 11.9 Å². The normalized spacial score (nSPS) is 10.4. The third-order valence-corrected chi connectivity index (χ3v) is 3.96. The molecule has 0 spiro atoms. The SMILES string of the molecule is Cc1c(C(=O)c2ccccc2)c(O)n(Cc2ccco2)c(=O)c1C#N. The monoisotopic (exact) mass is 334 g/mol. The molecule has 1 N–H and O–H groups in total. The molecule has 0 aliphatic heterocycles. The van der Waals surface area contributed by atoms with Crippen molar-refractivity contribution in [3.63, 3.8) is 0 Å². The van der Waals surface area contributed by atoms with Gasteiger partial charge in [0.2, 0.25) is 5.88 Å². The summed E-state index contributed by atoms with van der Waals surface area (Å²) in [5.41, 5.74) is -0.390. The minimum Gasteiger partial charge on any atom is -0.494 e. The molecule has 6 heteroatoms. The summed E-state index contributed by atoms with van der Waals surface area (Å²) in [6, 6.07) is 13.5. The molecular formula is C19H14N2O4. The van der Waals surface area contributed by atoms with Gasteiger partial charge in [-0.2, -0.15) is 5.26 Å². The molecule has 2 heterocycles. The maximum absolute atomic E-state index is 12.8. The Bertz CT molecular complexity index is 1030. The molecule has 124 valence electrons. The van der Waals surface area contributed by atoms with Crippen LogP contribution in [0.5, 0.6) is 5.88 Å². The quantitative estimate of drug-likeness (QED) is 0.740. The Kier molecular flexibility index (Phi) is 4.23. The van der Waals surface area contributed by atoms with Crippen molar-refractivity contribution in [3.05, 3.63) is 87.1 Å². The molecule has 6 nitrogen and oxygen atoms in total. The van der Waals surface area contributed by atoms with Gasteiger partial charge in [0.15, 0.2) is 5.78 Å². The van der Waals surface area contributed by atoms with Gasteiger partial charge in [-0.15, -0.1) is 0 Å². The van der Waals surface area contributed by atoms with E-state index >= 15 is 0 Å². The Labute approximate surface area is 143 Å². The second-order valence-corrected chi connectivity index (χ2v) is 5.48. The second-order valence-electron chi connectivity index (χ2n) is 5.48. The number of rotatable bonds is 4. The molecule has 0 bridgehead atoms. The molecule has 3 aromatic rings. The molecule has 0 amide bonds. The van der Waals surface area contributed by atoms with Crippen molar-refractivity contribution in [2.24, 2.45) is 0 Å². The van der Waals surface area contributed by atoms with Crippen LogP contribution in [0.25, 0.3) is 0 Å². The van der Waals surface area contributed by atoms with E-state index in [0.717, 1.165) is 4.57 Å². The van der Waals surface area contributed by atoms with Gasteiger partial charge in [0.25, 0.3) is 5.56 Å². The summed E-state index contributed by atoms with van der Waals surface area (Å²) in [6.45, 7) is 1.40. The van der Waals surface area contributed by atoms with Crippen molar-refractivity contribution in [1.29, 1.82) is 5.26 Å². The number of hydrogen-bond donors (Lipinski definition) is 1.